The van der Waals surface area contributed by atoms with E-state index in [1.54, 1.807) is 36.4 Å². The van der Waals surface area contributed by atoms with Crippen molar-refractivity contribution in [1.82, 2.24) is 0 Å². The molecule has 0 unspecified atom stereocenters. The van der Waals surface area contributed by atoms with Crippen LogP contribution in [0, 0.1) is 21.4 Å². The van der Waals surface area contributed by atoms with Gasteiger partial charge in [-0.2, -0.15) is 5.26 Å². The number of benzene rings is 2. The van der Waals surface area contributed by atoms with Crippen molar-refractivity contribution in [3.63, 3.8) is 0 Å². The molecule has 144 valence electrons. The Morgan fingerprint density at radius 2 is 1.86 bits per heavy atom. The van der Waals surface area contributed by atoms with Gasteiger partial charge in [0.15, 0.2) is 0 Å². The van der Waals surface area contributed by atoms with Crippen LogP contribution >= 0.6 is 23.2 Å². The average Bonchev–Trinajstić information content (AvgIpc) is 3.14. The molecule has 7 nitrogen and oxygen atoms in total. The monoisotopic (exact) mass is 427 g/mol. The molecule has 1 aromatic heterocycles. The second-order valence-corrected chi connectivity index (χ2v) is 6.66. The Balaban J connectivity index is 1.82. The molecule has 0 spiro atoms. The number of hydrogen-bond acceptors (Lipinski definition) is 5. The molecule has 0 aliphatic heterocycles. The summed E-state index contributed by atoms with van der Waals surface area (Å²) in [4.78, 5) is 22.6. The third kappa shape index (κ3) is 5.02. The van der Waals surface area contributed by atoms with Crippen LogP contribution in [0.2, 0.25) is 10.0 Å². The Hall–Kier alpha value is -3.60. The fraction of sp³-hybridized carbons (Fsp3) is 0. The Morgan fingerprint density at radius 1 is 1.14 bits per heavy atom. The first-order valence-electron chi connectivity index (χ1n) is 8.09. The maximum absolute atomic E-state index is 12.3. The van der Waals surface area contributed by atoms with Gasteiger partial charge in [0.25, 0.3) is 11.6 Å². The summed E-state index contributed by atoms with van der Waals surface area (Å²) in [6.45, 7) is 0. The Labute approximate surface area is 174 Å². The highest BCUT2D eigenvalue weighted by atomic mass is 35.5. The largest absolute Gasteiger partial charge is 0.457 e. The van der Waals surface area contributed by atoms with E-state index in [0.29, 0.717) is 21.4 Å². The summed E-state index contributed by atoms with van der Waals surface area (Å²) in [6.07, 6.45) is 1.27. The lowest BCUT2D eigenvalue weighted by Crippen LogP contribution is -2.13. The quantitative estimate of drug-likeness (QED) is 0.242. The second-order valence-electron chi connectivity index (χ2n) is 5.79. The van der Waals surface area contributed by atoms with E-state index in [0.717, 1.165) is 0 Å². The van der Waals surface area contributed by atoms with Crippen LogP contribution < -0.4 is 5.32 Å². The van der Waals surface area contributed by atoms with Crippen LogP contribution in [0.4, 0.5) is 11.4 Å². The highest BCUT2D eigenvalue weighted by Gasteiger charge is 2.14. The van der Waals surface area contributed by atoms with E-state index in [2.05, 4.69) is 5.32 Å². The van der Waals surface area contributed by atoms with Crippen LogP contribution in [0.3, 0.4) is 0 Å². The second kappa shape index (κ2) is 8.61. The van der Waals surface area contributed by atoms with Crippen molar-refractivity contribution in [2.24, 2.45) is 0 Å². The summed E-state index contributed by atoms with van der Waals surface area (Å²) in [7, 11) is 0. The number of anilines is 1. The molecule has 0 aliphatic carbocycles. The SMILES string of the molecule is N#CC(=Cc1ccc(-c2cc(Cl)cc(Cl)c2)o1)C(=O)Nc1cccc([N+](=O)[O-])c1. The van der Waals surface area contributed by atoms with E-state index in [4.69, 9.17) is 27.6 Å². The molecule has 0 saturated heterocycles. The van der Waals surface area contributed by atoms with Gasteiger partial charge in [-0.1, -0.05) is 29.3 Å². The number of nitriles is 1. The van der Waals surface area contributed by atoms with E-state index in [1.165, 1.54) is 30.3 Å². The number of nitro groups is 1. The van der Waals surface area contributed by atoms with Crippen molar-refractivity contribution in [2.45, 2.75) is 0 Å². The van der Waals surface area contributed by atoms with Crippen LogP contribution in [0.15, 0.2) is 64.6 Å². The van der Waals surface area contributed by atoms with Crippen molar-refractivity contribution in [3.8, 4) is 17.4 Å². The molecule has 3 rings (SSSR count). The number of rotatable bonds is 5. The van der Waals surface area contributed by atoms with Crippen LogP contribution in [0.1, 0.15) is 5.76 Å². The smallest absolute Gasteiger partial charge is 0.271 e. The summed E-state index contributed by atoms with van der Waals surface area (Å²) in [5.41, 5.74) is 0.420. The Kier molecular flexibility index (Phi) is 5.98. The number of furan rings is 1. The molecule has 2 aromatic carbocycles. The minimum absolute atomic E-state index is 0.179. The number of carbonyl (C=O) groups is 1. The van der Waals surface area contributed by atoms with Gasteiger partial charge in [0.05, 0.1) is 4.92 Å². The van der Waals surface area contributed by atoms with Gasteiger partial charge in [0.2, 0.25) is 0 Å². The van der Waals surface area contributed by atoms with Gasteiger partial charge in [-0.3, -0.25) is 14.9 Å². The van der Waals surface area contributed by atoms with Gasteiger partial charge >= 0.3 is 0 Å². The highest BCUT2D eigenvalue weighted by molar-refractivity contribution is 6.35. The molecular formula is C20H11Cl2N3O4. The van der Waals surface area contributed by atoms with Crippen molar-refractivity contribution >= 4 is 46.6 Å². The van der Waals surface area contributed by atoms with E-state index >= 15 is 0 Å². The van der Waals surface area contributed by atoms with Crippen LogP contribution in [0.5, 0.6) is 0 Å². The van der Waals surface area contributed by atoms with E-state index in [-0.39, 0.29) is 22.7 Å². The number of carbonyl (C=O) groups excluding carboxylic acids is 1. The summed E-state index contributed by atoms with van der Waals surface area (Å²) < 4.78 is 5.65. The fourth-order valence-electron chi connectivity index (χ4n) is 2.47. The average molecular weight is 428 g/mol. The van der Waals surface area contributed by atoms with Crippen LogP contribution in [-0.2, 0) is 4.79 Å². The molecule has 0 radical (unpaired) electrons. The van der Waals surface area contributed by atoms with Gasteiger partial charge in [-0.15, -0.1) is 0 Å². The molecule has 0 aliphatic rings. The van der Waals surface area contributed by atoms with Crippen molar-refractivity contribution in [3.05, 3.63) is 86.1 Å². The highest BCUT2D eigenvalue weighted by Crippen LogP contribution is 2.29. The third-order valence-corrected chi connectivity index (χ3v) is 4.18. The summed E-state index contributed by atoms with van der Waals surface area (Å²) in [5.74, 6) is -0.00406. The van der Waals surface area contributed by atoms with Gasteiger partial charge in [-0.05, 0) is 36.4 Å². The molecule has 3 aromatic rings. The molecule has 1 amide bonds. The standard InChI is InChI=1S/C20H11Cl2N3O4/c21-14-6-12(7-15(22)9-14)19-5-4-18(29-19)8-13(11-23)20(26)24-16-2-1-3-17(10-16)25(27)28/h1-10H,(H,24,26). The summed E-state index contributed by atoms with van der Waals surface area (Å²) in [6, 6.07) is 15.3. The van der Waals surface area contributed by atoms with Crippen molar-refractivity contribution in [2.75, 3.05) is 5.32 Å². The lowest BCUT2D eigenvalue weighted by atomic mass is 10.2. The number of halogens is 2. The Bertz CT molecular complexity index is 1160. The molecule has 0 saturated carbocycles. The third-order valence-electron chi connectivity index (χ3n) is 3.74. The first-order valence-corrected chi connectivity index (χ1v) is 8.85. The minimum Gasteiger partial charge on any atom is -0.457 e. The van der Waals surface area contributed by atoms with Crippen LogP contribution in [0.25, 0.3) is 17.4 Å². The zero-order valence-corrected chi connectivity index (χ0v) is 16.1. The zero-order valence-electron chi connectivity index (χ0n) is 14.6. The zero-order chi connectivity index (χ0) is 21.0. The first-order chi connectivity index (χ1) is 13.9. The lowest BCUT2D eigenvalue weighted by molar-refractivity contribution is -0.384. The molecular weight excluding hydrogens is 417 g/mol. The van der Waals surface area contributed by atoms with Gasteiger partial charge in [0, 0.05) is 39.5 Å². The molecule has 0 fully saturated rings. The lowest BCUT2D eigenvalue weighted by Gasteiger charge is -2.03. The summed E-state index contributed by atoms with van der Waals surface area (Å²) in [5, 5.41) is 23.5. The fourth-order valence-corrected chi connectivity index (χ4v) is 2.99. The van der Waals surface area contributed by atoms with Gasteiger partial charge in [-0.25, -0.2) is 0 Å². The Morgan fingerprint density at radius 3 is 2.52 bits per heavy atom. The maximum atomic E-state index is 12.3. The predicted molar refractivity (Wildman–Crippen MR) is 109 cm³/mol. The molecule has 1 heterocycles. The van der Waals surface area contributed by atoms with Crippen molar-refractivity contribution < 1.29 is 14.1 Å². The number of amides is 1. The molecule has 1 N–H and O–H groups in total. The van der Waals surface area contributed by atoms with Crippen molar-refractivity contribution in [1.29, 1.82) is 5.26 Å². The molecule has 0 atom stereocenters. The molecule has 29 heavy (non-hydrogen) atoms. The number of nitrogens with zero attached hydrogens (tertiary/aromatic N) is 2. The van der Waals surface area contributed by atoms with Crippen LogP contribution in [-0.4, -0.2) is 10.8 Å². The van der Waals surface area contributed by atoms with Gasteiger partial charge in [0.1, 0.15) is 23.2 Å². The normalized spacial score (nSPS) is 11.0. The first kappa shape index (κ1) is 20.1. The number of nitrogens with one attached hydrogen (secondary N) is 1. The number of hydrogen-bond donors (Lipinski definition) is 1. The molecule has 9 heteroatoms. The maximum Gasteiger partial charge on any atom is 0.271 e. The minimum atomic E-state index is -0.725. The van der Waals surface area contributed by atoms with Gasteiger partial charge < -0.3 is 9.73 Å². The number of non-ortho nitro benzene ring substituents is 1. The van der Waals surface area contributed by atoms with E-state index in [9.17, 15) is 20.2 Å². The topological polar surface area (TPSA) is 109 Å². The molecule has 0 bridgehead atoms. The van der Waals surface area contributed by atoms with E-state index in [1.807, 2.05) is 0 Å². The summed E-state index contributed by atoms with van der Waals surface area (Å²) >= 11 is 12.0. The van der Waals surface area contributed by atoms with E-state index < -0.39 is 10.8 Å². The number of nitro benzene ring substituents is 1. The predicted octanol–water partition coefficient (Wildman–Crippen LogP) is 5.71.